The second kappa shape index (κ2) is 4.67. The van der Waals surface area contributed by atoms with Crippen LogP contribution in [0.2, 0.25) is 10.0 Å². The fourth-order valence-corrected chi connectivity index (χ4v) is 4.71. The van der Waals surface area contributed by atoms with Crippen LogP contribution in [0.3, 0.4) is 0 Å². The van der Waals surface area contributed by atoms with E-state index in [9.17, 15) is 0 Å². The minimum Gasteiger partial charge on any atom is -0.255 e. The lowest BCUT2D eigenvalue weighted by Gasteiger charge is -1.89. The maximum atomic E-state index is 6.20. The molecule has 2 nitrogen and oxygen atoms in total. The molecule has 98 valence electrons. The number of thiophene rings is 2. The lowest BCUT2D eigenvalue weighted by atomic mass is 10.3. The number of aromatic nitrogens is 2. The summed E-state index contributed by atoms with van der Waals surface area (Å²) in [5, 5.41) is 1.48. The summed E-state index contributed by atoms with van der Waals surface area (Å²) < 4.78 is 2.03. The SMILES string of the molecule is Clc1ccnc2cc(-c3cc4nccc(Cl)c4s3)sc12. The highest BCUT2D eigenvalue weighted by Crippen LogP contribution is 2.42. The first-order valence-corrected chi connectivity index (χ1v) is 8.20. The molecule has 0 N–H and O–H groups in total. The first-order chi connectivity index (χ1) is 9.72. The van der Waals surface area contributed by atoms with E-state index in [1.54, 1.807) is 35.1 Å². The molecular formula is C14H6Cl2N2S2. The van der Waals surface area contributed by atoms with Crippen LogP contribution in [0.4, 0.5) is 0 Å². The minimum atomic E-state index is 0.739. The molecule has 0 spiro atoms. The Morgan fingerprint density at radius 3 is 1.60 bits per heavy atom. The van der Waals surface area contributed by atoms with Crippen molar-refractivity contribution in [2.24, 2.45) is 0 Å². The second-order valence-electron chi connectivity index (χ2n) is 4.24. The van der Waals surface area contributed by atoms with Gasteiger partial charge in [0.25, 0.3) is 0 Å². The lowest BCUT2D eigenvalue weighted by molar-refractivity contribution is 1.43. The molecule has 0 aliphatic rings. The van der Waals surface area contributed by atoms with Gasteiger partial charge in [-0.3, -0.25) is 9.97 Å². The average molecular weight is 337 g/mol. The number of fused-ring (bicyclic) bond motifs is 2. The normalized spacial score (nSPS) is 11.5. The van der Waals surface area contributed by atoms with Crippen LogP contribution in [0.15, 0.2) is 36.7 Å². The van der Waals surface area contributed by atoms with Crippen LogP contribution in [-0.4, -0.2) is 9.97 Å². The van der Waals surface area contributed by atoms with E-state index in [-0.39, 0.29) is 0 Å². The molecule has 0 saturated heterocycles. The Kier molecular flexibility index (Phi) is 2.93. The van der Waals surface area contributed by atoms with Crippen molar-refractivity contribution in [3.63, 3.8) is 0 Å². The monoisotopic (exact) mass is 336 g/mol. The highest BCUT2D eigenvalue weighted by atomic mass is 35.5. The Morgan fingerprint density at radius 1 is 0.750 bits per heavy atom. The van der Waals surface area contributed by atoms with Gasteiger partial charge in [-0.05, 0) is 24.3 Å². The third-order valence-corrected chi connectivity index (χ3v) is 6.34. The molecule has 0 saturated carbocycles. The molecule has 0 unspecified atom stereocenters. The maximum absolute atomic E-state index is 6.20. The van der Waals surface area contributed by atoms with Crippen molar-refractivity contribution in [2.75, 3.05) is 0 Å². The number of rotatable bonds is 1. The van der Waals surface area contributed by atoms with E-state index in [4.69, 9.17) is 23.2 Å². The van der Waals surface area contributed by atoms with E-state index >= 15 is 0 Å². The molecule has 0 aliphatic carbocycles. The number of pyridine rings is 2. The predicted molar refractivity (Wildman–Crippen MR) is 88.3 cm³/mol. The molecule has 0 aromatic carbocycles. The third kappa shape index (κ3) is 1.91. The van der Waals surface area contributed by atoms with Crippen LogP contribution >= 0.6 is 45.9 Å². The van der Waals surface area contributed by atoms with Crippen molar-refractivity contribution < 1.29 is 0 Å². The topological polar surface area (TPSA) is 25.8 Å². The molecule has 0 fully saturated rings. The van der Waals surface area contributed by atoms with Gasteiger partial charge in [-0.1, -0.05) is 23.2 Å². The molecule has 4 aromatic heterocycles. The average Bonchev–Trinajstić information content (AvgIpc) is 3.03. The maximum Gasteiger partial charge on any atom is 0.0831 e. The van der Waals surface area contributed by atoms with Gasteiger partial charge in [0.1, 0.15) is 0 Å². The predicted octanol–water partition coefficient (Wildman–Crippen LogP) is 5.88. The third-order valence-electron chi connectivity index (χ3n) is 2.97. The van der Waals surface area contributed by atoms with Gasteiger partial charge in [-0.25, -0.2) is 0 Å². The van der Waals surface area contributed by atoms with E-state index in [2.05, 4.69) is 22.1 Å². The van der Waals surface area contributed by atoms with E-state index < -0.39 is 0 Å². The zero-order chi connectivity index (χ0) is 13.7. The molecule has 20 heavy (non-hydrogen) atoms. The Labute approximate surface area is 132 Å². The van der Waals surface area contributed by atoms with Crippen molar-refractivity contribution in [3.05, 3.63) is 46.7 Å². The van der Waals surface area contributed by atoms with Crippen molar-refractivity contribution >= 4 is 66.3 Å². The zero-order valence-corrected chi connectivity index (χ0v) is 13.1. The molecule has 4 heterocycles. The van der Waals surface area contributed by atoms with Crippen LogP contribution in [-0.2, 0) is 0 Å². The summed E-state index contributed by atoms with van der Waals surface area (Å²) in [4.78, 5) is 11.0. The van der Waals surface area contributed by atoms with Crippen LogP contribution in [0, 0.1) is 0 Å². The Bertz CT molecular complexity index is 865. The summed E-state index contributed by atoms with van der Waals surface area (Å²) in [7, 11) is 0. The summed E-state index contributed by atoms with van der Waals surface area (Å²) in [6.45, 7) is 0. The Hall–Kier alpha value is -1.20. The van der Waals surface area contributed by atoms with Gasteiger partial charge >= 0.3 is 0 Å². The summed E-state index contributed by atoms with van der Waals surface area (Å²) in [5.41, 5.74) is 1.85. The van der Waals surface area contributed by atoms with Gasteiger partial charge in [0.2, 0.25) is 0 Å². The summed E-state index contributed by atoms with van der Waals surface area (Å²) in [6.07, 6.45) is 3.45. The lowest BCUT2D eigenvalue weighted by Crippen LogP contribution is -1.70. The van der Waals surface area contributed by atoms with Gasteiger partial charge in [-0.15, -0.1) is 22.7 Å². The first kappa shape index (κ1) is 12.5. The molecule has 0 amide bonds. The van der Waals surface area contributed by atoms with E-state index in [1.807, 2.05) is 12.1 Å². The fourth-order valence-electron chi connectivity index (χ4n) is 2.06. The molecule has 0 aliphatic heterocycles. The summed E-state index contributed by atoms with van der Waals surface area (Å²) >= 11 is 15.7. The quantitative estimate of drug-likeness (QED) is 0.433. The smallest absolute Gasteiger partial charge is 0.0831 e. The van der Waals surface area contributed by atoms with Crippen molar-refractivity contribution in [3.8, 4) is 9.75 Å². The van der Waals surface area contributed by atoms with E-state index in [1.165, 1.54) is 0 Å². The number of halogens is 2. The standard InChI is InChI=1S/C14H6Cl2N2S2/c15-7-1-3-17-9-5-11(19-13(7)9)12-6-10-14(20-12)8(16)2-4-18-10/h1-6H. The number of hydrogen-bond acceptors (Lipinski definition) is 4. The van der Waals surface area contributed by atoms with Crippen molar-refractivity contribution in [1.82, 2.24) is 9.97 Å². The zero-order valence-electron chi connectivity index (χ0n) is 9.93. The molecule has 0 atom stereocenters. The van der Waals surface area contributed by atoms with Gasteiger partial charge in [-0.2, -0.15) is 0 Å². The first-order valence-electron chi connectivity index (χ1n) is 5.81. The largest absolute Gasteiger partial charge is 0.255 e. The van der Waals surface area contributed by atoms with Gasteiger partial charge in [0, 0.05) is 22.1 Å². The van der Waals surface area contributed by atoms with Crippen molar-refractivity contribution in [1.29, 1.82) is 0 Å². The molecule has 4 aromatic rings. The Balaban J connectivity index is 1.96. The number of nitrogens with zero attached hydrogens (tertiary/aromatic N) is 2. The van der Waals surface area contributed by atoms with Crippen molar-refractivity contribution in [2.45, 2.75) is 0 Å². The molecule has 4 rings (SSSR count). The molecule has 6 heteroatoms. The Morgan fingerprint density at radius 2 is 1.20 bits per heavy atom. The number of hydrogen-bond donors (Lipinski definition) is 0. The van der Waals surface area contributed by atoms with Gasteiger partial charge < -0.3 is 0 Å². The second-order valence-corrected chi connectivity index (χ2v) is 7.15. The van der Waals surface area contributed by atoms with E-state index in [0.717, 1.165) is 40.2 Å². The highest BCUT2D eigenvalue weighted by Gasteiger charge is 2.12. The minimum absolute atomic E-state index is 0.739. The molecular weight excluding hydrogens is 331 g/mol. The van der Waals surface area contributed by atoms with Crippen LogP contribution < -0.4 is 0 Å². The van der Waals surface area contributed by atoms with Crippen LogP contribution in [0.5, 0.6) is 0 Å². The van der Waals surface area contributed by atoms with Crippen LogP contribution in [0.25, 0.3) is 30.2 Å². The van der Waals surface area contributed by atoms with Gasteiger partial charge in [0.15, 0.2) is 0 Å². The van der Waals surface area contributed by atoms with Gasteiger partial charge in [0.05, 0.1) is 30.5 Å². The van der Waals surface area contributed by atoms with Crippen LogP contribution in [0.1, 0.15) is 0 Å². The molecule has 0 bridgehead atoms. The van der Waals surface area contributed by atoms with E-state index in [0.29, 0.717) is 0 Å². The summed E-state index contributed by atoms with van der Waals surface area (Å²) in [6, 6.07) is 7.75. The fraction of sp³-hybridized carbons (Fsp3) is 0. The summed E-state index contributed by atoms with van der Waals surface area (Å²) in [5.74, 6) is 0. The highest BCUT2D eigenvalue weighted by molar-refractivity contribution is 7.29. The molecule has 0 radical (unpaired) electrons.